The lowest BCUT2D eigenvalue weighted by Crippen LogP contribution is -2.39. The Bertz CT molecular complexity index is 900. The van der Waals surface area contributed by atoms with Crippen molar-refractivity contribution in [3.63, 3.8) is 0 Å². The van der Waals surface area contributed by atoms with E-state index in [1.54, 1.807) is 6.20 Å². The van der Waals surface area contributed by atoms with Crippen LogP contribution in [0.1, 0.15) is 18.3 Å². The zero-order chi connectivity index (χ0) is 19.1. The number of para-hydroxylation sites is 2. The highest BCUT2D eigenvalue weighted by Gasteiger charge is 2.06. The Morgan fingerprint density at radius 3 is 2.81 bits per heavy atom. The lowest BCUT2D eigenvalue weighted by molar-refractivity contribution is 0.660. The molecule has 27 heavy (non-hydrogen) atoms. The molecule has 142 valence electrons. The van der Waals surface area contributed by atoms with Gasteiger partial charge in [0.25, 0.3) is 0 Å². The number of hydrogen-bond donors (Lipinski definition) is 2. The Kier molecular flexibility index (Phi) is 6.65. The van der Waals surface area contributed by atoms with Crippen LogP contribution in [0.5, 0.6) is 0 Å². The van der Waals surface area contributed by atoms with Crippen LogP contribution in [0.3, 0.4) is 0 Å². The summed E-state index contributed by atoms with van der Waals surface area (Å²) in [4.78, 5) is 13.4. The van der Waals surface area contributed by atoms with E-state index >= 15 is 0 Å². The van der Waals surface area contributed by atoms with E-state index in [2.05, 4.69) is 43.2 Å². The summed E-state index contributed by atoms with van der Waals surface area (Å²) in [6.45, 7) is 7.22. The van der Waals surface area contributed by atoms with E-state index in [9.17, 15) is 0 Å². The molecule has 0 unspecified atom stereocenters. The maximum atomic E-state index is 5.82. The first-order valence-electron chi connectivity index (χ1n) is 9.22. The van der Waals surface area contributed by atoms with Gasteiger partial charge in [-0.1, -0.05) is 29.8 Å². The lowest BCUT2D eigenvalue weighted by Gasteiger charge is -2.13. The molecule has 0 amide bonds. The Morgan fingerprint density at radius 1 is 1.19 bits per heavy atom. The molecule has 7 heteroatoms. The summed E-state index contributed by atoms with van der Waals surface area (Å²) >= 11 is 5.82. The zero-order valence-electron chi connectivity index (χ0n) is 15.7. The summed E-state index contributed by atoms with van der Waals surface area (Å²) in [6, 6.07) is 12.0. The number of hydrogen-bond acceptors (Lipinski definition) is 3. The van der Waals surface area contributed by atoms with Crippen molar-refractivity contribution in [1.82, 2.24) is 25.2 Å². The minimum Gasteiger partial charge on any atom is -0.357 e. The van der Waals surface area contributed by atoms with Gasteiger partial charge >= 0.3 is 0 Å². The minimum atomic E-state index is 0.513. The topological polar surface area (TPSA) is 67.1 Å². The molecular formula is C20H25ClN6. The SMILES string of the molecule is CCNC(=NCCc1ccc(Cl)nc1)NCCn1c(C)nc2ccccc21. The van der Waals surface area contributed by atoms with Crippen LogP contribution in [0.15, 0.2) is 47.6 Å². The zero-order valence-corrected chi connectivity index (χ0v) is 16.5. The van der Waals surface area contributed by atoms with Crippen LogP contribution in [0.2, 0.25) is 5.15 Å². The predicted octanol–water partition coefficient (Wildman–Crippen LogP) is 3.19. The van der Waals surface area contributed by atoms with Gasteiger partial charge in [0, 0.05) is 32.4 Å². The van der Waals surface area contributed by atoms with E-state index in [0.29, 0.717) is 11.7 Å². The first-order chi connectivity index (χ1) is 13.2. The number of aromatic nitrogens is 3. The number of nitrogens with one attached hydrogen (secondary N) is 2. The molecule has 0 radical (unpaired) electrons. The normalized spacial score (nSPS) is 11.7. The summed E-state index contributed by atoms with van der Waals surface area (Å²) in [6.07, 6.45) is 2.62. The van der Waals surface area contributed by atoms with Gasteiger partial charge in [-0.2, -0.15) is 0 Å². The fraction of sp³-hybridized carbons (Fsp3) is 0.350. The van der Waals surface area contributed by atoms with Gasteiger partial charge in [-0.3, -0.25) is 4.99 Å². The van der Waals surface area contributed by atoms with Gasteiger partial charge < -0.3 is 15.2 Å². The monoisotopic (exact) mass is 384 g/mol. The number of aliphatic imine (C=N–C) groups is 1. The molecule has 3 rings (SSSR count). The third kappa shape index (κ3) is 5.20. The van der Waals surface area contributed by atoms with Crippen molar-refractivity contribution in [2.24, 2.45) is 4.99 Å². The highest BCUT2D eigenvalue weighted by molar-refractivity contribution is 6.29. The maximum absolute atomic E-state index is 5.82. The molecule has 0 fully saturated rings. The van der Waals surface area contributed by atoms with Crippen LogP contribution in [0.25, 0.3) is 11.0 Å². The third-order valence-electron chi connectivity index (χ3n) is 4.28. The molecule has 0 aliphatic heterocycles. The second kappa shape index (κ2) is 9.37. The van der Waals surface area contributed by atoms with Gasteiger partial charge in [0.15, 0.2) is 5.96 Å². The van der Waals surface area contributed by atoms with Crippen LogP contribution >= 0.6 is 11.6 Å². The summed E-state index contributed by atoms with van der Waals surface area (Å²) in [5, 5.41) is 7.20. The Hall–Kier alpha value is -2.60. The van der Waals surface area contributed by atoms with Crippen molar-refractivity contribution < 1.29 is 0 Å². The third-order valence-corrected chi connectivity index (χ3v) is 4.50. The molecule has 2 heterocycles. The van der Waals surface area contributed by atoms with Crippen molar-refractivity contribution in [2.45, 2.75) is 26.8 Å². The second-order valence-corrected chi connectivity index (χ2v) is 6.61. The van der Waals surface area contributed by atoms with Gasteiger partial charge in [0.1, 0.15) is 11.0 Å². The van der Waals surface area contributed by atoms with E-state index in [1.807, 2.05) is 37.3 Å². The highest BCUT2D eigenvalue weighted by Crippen LogP contribution is 2.14. The Labute approximate surface area is 164 Å². The summed E-state index contributed by atoms with van der Waals surface area (Å²) < 4.78 is 2.23. The second-order valence-electron chi connectivity index (χ2n) is 6.23. The standard InChI is InChI=1S/C20H25ClN6/c1-3-22-20(23-11-10-16-8-9-19(21)25-14-16)24-12-13-27-15(2)26-17-6-4-5-7-18(17)27/h4-9,14H,3,10-13H2,1-2H3,(H2,22,23,24). The molecule has 1 aromatic carbocycles. The maximum Gasteiger partial charge on any atom is 0.191 e. The molecular weight excluding hydrogens is 360 g/mol. The van der Waals surface area contributed by atoms with Gasteiger partial charge in [0.2, 0.25) is 0 Å². The van der Waals surface area contributed by atoms with E-state index in [1.165, 1.54) is 0 Å². The number of halogens is 1. The van der Waals surface area contributed by atoms with Gasteiger partial charge in [-0.15, -0.1) is 0 Å². The number of imidazole rings is 1. The average molecular weight is 385 g/mol. The van der Waals surface area contributed by atoms with E-state index in [0.717, 1.165) is 54.4 Å². The van der Waals surface area contributed by atoms with Crippen LogP contribution < -0.4 is 10.6 Å². The molecule has 0 aliphatic rings. The number of fused-ring (bicyclic) bond motifs is 1. The lowest BCUT2D eigenvalue weighted by atomic mass is 10.2. The highest BCUT2D eigenvalue weighted by atomic mass is 35.5. The summed E-state index contributed by atoms with van der Waals surface area (Å²) in [5.74, 6) is 1.84. The molecule has 3 aromatic rings. The van der Waals surface area contributed by atoms with Crippen LogP contribution in [0, 0.1) is 6.92 Å². The van der Waals surface area contributed by atoms with Gasteiger partial charge in [0.05, 0.1) is 11.0 Å². The molecule has 0 atom stereocenters. The molecule has 0 saturated carbocycles. The van der Waals surface area contributed by atoms with E-state index in [-0.39, 0.29) is 0 Å². The largest absolute Gasteiger partial charge is 0.357 e. The molecule has 2 aromatic heterocycles. The van der Waals surface area contributed by atoms with Crippen molar-refractivity contribution in [3.8, 4) is 0 Å². The van der Waals surface area contributed by atoms with E-state index < -0.39 is 0 Å². The summed E-state index contributed by atoms with van der Waals surface area (Å²) in [5.41, 5.74) is 3.32. The summed E-state index contributed by atoms with van der Waals surface area (Å²) in [7, 11) is 0. The minimum absolute atomic E-state index is 0.513. The number of benzene rings is 1. The number of nitrogens with zero attached hydrogens (tertiary/aromatic N) is 4. The smallest absolute Gasteiger partial charge is 0.191 e. The number of guanidine groups is 1. The van der Waals surface area contributed by atoms with Crippen molar-refractivity contribution in [1.29, 1.82) is 0 Å². The number of aryl methyl sites for hydroxylation is 1. The van der Waals surface area contributed by atoms with Crippen LogP contribution in [0.4, 0.5) is 0 Å². The van der Waals surface area contributed by atoms with Crippen molar-refractivity contribution in [2.75, 3.05) is 19.6 Å². The molecule has 0 aliphatic carbocycles. The Morgan fingerprint density at radius 2 is 2.04 bits per heavy atom. The molecule has 0 spiro atoms. The first-order valence-corrected chi connectivity index (χ1v) is 9.59. The number of rotatable bonds is 7. The Balaban J connectivity index is 1.55. The fourth-order valence-corrected chi connectivity index (χ4v) is 3.07. The fourth-order valence-electron chi connectivity index (χ4n) is 2.96. The predicted molar refractivity (Wildman–Crippen MR) is 111 cm³/mol. The molecule has 0 bridgehead atoms. The molecule has 0 saturated heterocycles. The van der Waals surface area contributed by atoms with E-state index in [4.69, 9.17) is 11.6 Å². The van der Waals surface area contributed by atoms with Crippen molar-refractivity contribution >= 4 is 28.6 Å². The van der Waals surface area contributed by atoms with Crippen molar-refractivity contribution in [3.05, 3.63) is 59.1 Å². The quantitative estimate of drug-likeness (QED) is 0.373. The molecule has 6 nitrogen and oxygen atoms in total. The van der Waals surface area contributed by atoms with Gasteiger partial charge in [-0.25, -0.2) is 9.97 Å². The number of pyridine rings is 1. The average Bonchev–Trinajstić information content (AvgIpc) is 2.99. The van der Waals surface area contributed by atoms with Crippen LogP contribution in [-0.4, -0.2) is 40.1 Å². The molecule has 2 N–H and O–H groups in total. The first kappa shape index (κ1) is 19.2. The van der Waals surface area contributed by atoms with Crippen LogP contribution in [-0.2, 0) is 13.0 Å². The van der Waals surface area contributed by atoms with Gasteiger partial charge in [-0.05, 0) is 44.0 Å².